The van der Waals surface area contributed by atoms with Gasteiger partial charge in [-0.05, 0) is 35.4 Å². The van der Waals surface area contributed by atoms with E-state index in [1.807, 2.05) is 6.07 Å². The van der Waals surface area contributed by atoms with Crippen molar-refractivity contribution in [2.75, 3.05) is 26.2 Å². The Bertz CT molecular complexity index is 753. The van der Waals surface area contributed by atoms with Crippen molar-refractivity contribution in [1.29, 1.82) is 0 Å². The van der Waals surface area contributed by atoms with Crippen molar-refractivity contribution in [3.05, 3.63) is 63.6 Å². The quantitative estimate of drug-likeness (QED) is 0.608. The minimum atomic E-state index is -4.71. The SMILES string of the molecule is Cl.Cl.FC(F)(F)Oc1ccc([C@@H](c2ccc(Cl)c(Cl)c2)N2CCNCC2)cc1. The second-order valence-electron chi connectivity index (χ2n) is 5.98. The molecule has 156 valence electrons. The summed E-state index contributed by atoms with van der Waals surface area (Å²) in [5.41, 5.74) is 1.80. The van der Waals surface area contributed by atoms with Crippen molar-refractivity contribution in [3.8, 4) is 5.75 Å². The van der Waals surface area contributed by atoms with E-state index >= 15 is 0 Å². The molecule has 1 aliphatic rings. The Balaban J connectivity index is 0.00000196. The number of halogens is 7. The largest absolute Gasteiger partial charge is 0.573 e. The average Bonchev–Trinajstić information content (AvgIpc) is 2.59. The van der Waals surface area contributed by atoms with Gasteiger partial charge in [-0.15, -0.1) is 38.0 Å². The van der Waals surface area contributed by atoms with E-state index in [-0.39, 0.29) is 36.6 Å². The van der Waals surface area contributed by atoms with E-state index in [0.29, 0.717) is 10.0 Å². The predicted octanol–water partition coefficient (Wildman–Crippen LogP) is 5.73. The fourth-order valence-corrected chi connectivity index (χ4v) is 3.40. The highest BCUT2D eigenvalue weighted by molar-refractivity contribution is 6.42. The first-order valence-electron chi connectivity index (χ1n) is 8.09. The van der Waals surface area contributed by atoms with Crippen LogP contribution in [0.25, 0.3) is 0 Å². The summed E-state index contributed by atoms with van der Waals surface area (Å²) in [5.74, 6) is -0.241. The fraction of sp³-hybridized carbons (Fsp3) is 0.333. The Morgan fingerprint density at radius 3 is 2.00 bits per heavy atom. The summed E-state index contributed by atoms with van der Waals surface area (Å²) in [6.07, 6.45) is -4.71. The minimum Gasteiger partial charge on any atom is -0.406 e. The van der Waals surface area contributed by atoms with Crippen LogP contribution >= 0.6 is 48.0 Å². The molecule has 0 aromatic heterocycles. The van der Waals surface area contributed by atoms with E-state index in [1.54, 1.807) is 24.3 Å². The van der Waals surface area contributed by atoms with Crippen LogP contribution in [0.4, 0.5) is 13.2 Å². The lowest BCUT2D eigenvalue weighted by molar-refractivity contribution is -0.274. The third-order valence-corrected chi connectivity index (χ3v) is 4.94. The van der Waals surface area contributed by atoms with E-state index in [4.69, 9.17) is 23.2 Å². The highest BCUT2D eigenvalue weighted by Gasteiger charge is 2.31. The number of hydrogen-bond acceptors (Lipinski definition) is 3. The maximum atomic E-state index is 12.4. The summed E-state index contributed by atoms with van der Waals surface area (Å²) in [6.45, 7) is 3.30. The third kappa shape index (κ3) is 6.58. The lowest BCUT2D eigenvalue weighted by atomic mass is 9.96. The number of hydrogen-bond donors (Lipinski definition) is 1. The molecule has 0 aliphatic carbocycles. The standard InChI is InChI=1S/C18H17Cl2F3N2O.2ClH/c19-15-6-3-13(11-16(15)20)17(25-9-7-24-8-10-25)12-1-4-14(5-2-12)26-18(21,22)23;;/h1-6,11,17,24H,7-10H2;2*1H/t17-;;/m0../s1. The average molecular weight is 478 g/mol. The number of nitrogens with zero attached hydrogens (tertiary/aromatic N) is 1. The molecule has 2 aromatic carbocycles. The number of rotatable bonds is 4. The molecule has 3 rings (SSSR count). The molecule has 0 saturated carbocycles. The summed E-state index contributed by atoms with van der Waals surface area (Å²) in [5, 5.41) is 4.20. The topological polar surface area (TPSA) is 24.5 Å². The van der Waals surface area contributed by atoms with Gasteiger partial charge in [0.15, 0.2) is 0 Å². The fourth-order valence-electron chi connectivity index (χ4n) is 3.09. The monoisotopic (exact) mass is 476 g/mol. The van der Waals surface area contributed by atoms with Crippen LogP contribution in [-0.4, -0.2) is 37.4 Å². The predicted molar refractivity (Wildman–Crippen MR) is 110 cm³/mol. The molecule has 1 N–H and O–H groups in total. The van der Waals surface area contributed by atoms with Gasteiger partial charge in [0.2, 0.25) is 0 Å². The number of alkyl halides is 3. The van der Waals surface area contributed by atoms with Gasteiger partial charge in [-0.1, -0.05) is 41.4 Å². The first kappa shape index (κ1) is 25.1. The smallest absolute Gasteiger partial charge is 0.406 e. The number of ether oxygens (including phenoxy) is 1. The lowest BCUT2D eigenvalue weighted by Crippen LogP contribution is -2.45. The van der Waals surface area contributed by atoms with Crippen LogP contribution in [0.15, 0.2) is 42.5 Å². The van der Waals surface area contributed by atoms with E-state index < -0.39 is 6.36 Å². The second-order valence-corrected chi connectivity index (χ2v) is 6.79. The van der Waals surface area contributed by atoms with Gasteiger partial charge < -0.3 is 10.1 Å². The van der Waals surface area contributed by atoms with Crippen LogP contribution in [0.5, 0.6) is 5.75 Å². The molecule has 3 nitrogen and oxygen atoms in total. The van der Waals surface area contributed by atoms with Crippen molar-refractivity contribution in [1.82, 2.24) is 10.2 Å². The molecule has 1 saturated heterocycles. The van der Waals surface area contributed by atoms with Crippen LogP contribution in [0.2, 0.25) is 10.0 Å². The normalized spacial score (nSPS) is 15.9. The van der Waals surface area contributed by atoms with Crippen molar-refractivity contribution < 1.29 is 17.9 Å². The lowest BCUT2D eigenvalue weighted by Gasteiger charge is -2.35. The summed E-state index contributed by atoms with van der Waals surface area (Å²) in [6, 6.07) is 11.2. The highest BCUT2D eigenvalue weighted by Crippen LogP contribution is 2.34. The second kappa shape index (κ2) is 10.8. The van der Waals surface area contributed by atoms with Gasteiger partial charge in [-0.3, -0.25) is 4.90 Å². The Morgan fingerprint density at radius 2 is 1.46 bits per heavy atom. The van der Waals surface area contributed by atoms with Crippen molar-refractivity contribution >= 4 is 48.0 Å². The molecular weight excluding hydrogens is 459 g/mol. The Labute approximate surface area is 184 Å². The van der Waals surface area contributed by atoms with Gasteiger partial charge >= 0.3 is 6.36 Å². The molecule has 2 aromatic rings. The van der Waals surface area contributed by atoms with Crippen LogP contribution in [0.1, 0.15) is 17.2 Å². The number of benzene rings is 2. The van der Waals surface area contributed by atoms with E-state index in [0.717, 1.165) is 37.3 Å². The van der Waals surface area contributed by atoms with Crippen LogP contribution < -0.4 is 10.1 Å². The summed E-state index contributed by atoms with van der Waals surface area (Å²) in [7, 11) is 0. The first-order chi connectivity index (χ1) is 12.3. The first-order valence-corrected chi connectivity index (χ1v) is 8.84. The Morgan fingerprint density at radius 1 is 0.893 bits per heavy atom. The number of piperazine rings is 1. The molecule has 0 amide bonds. The van der Waals surface area contributed by atoms with Gasteiger partial charge in [-0.2, -0.15) is 0 Å². The van der Waals surface area contributed by atoms with Gasteiger partial charge in [0.25, 0.3) is 0 Å². The van der Waals surface area contributed by atoms with Gasteiger partial charge in [0.05, 0.1) is 16.1 Å². The van der Waals surface area contributed by atoms with Crippen molar-refractivity contribution in [2.24, 2.45) is 0 Å². The molecule has 0 spiro atoms. The molecule has 10 heteroatoms. The maximum absolute atomic E-state index is 12.4. The molecule has 0 bridgehead atoms. The summed E-state index contributed by atoms with van der Waals surface area (Å²) < 4.78 is 41.1. The van der Waals surface area contributed by atoms with Gasteiger partial charge in [0, 0.05) is 26.2 Å². The zero-order chi connectivity index (χ0) is 18.7. The van der Waals surface area contributed by atoms with Crippen molar-refractivity contribution in [2.45, 2.75) is 12.4 Å². The van der Waals surface area contributed by atoms with Crippen molar-refractivity contribution in [3.63, 3.8) is 0 Å². The molecule has 1 aliphatic heterocycles. The number of nitrogens with one attached hydrogen (secondary N) is 1. The molecule has 0 radical (unpaired) electrons. The molecule has 1 atom stereocenters. The van der Waals surface area contributed by atoms with E-state index in [2.05, 4.69) is 15.0 Å². The Hall–Kier alpha value is -0.890. The maximum Gasteiger partial charge on any atom is 0.573 e. The summed E-state index contributed by atoms with van der Waals surface area (Å²) >= 11 is 12.2. The zero-order valence-corrected chi connectivity index (χ0v) is 17.7. The van der Waals surface area contributed by atoms with E-state index in [1.165, 1.54) is 12.1 Å². The molecular formula is C18H19Cl4F3N2O. The minimum absolute atomic E-state index is 0. The Kier molecular flexibility index (Phi) is 9.67. The molecule has 1 heterocycles. The summed E-state index contributed by atoms with van der Waals surface area (Å²) in [4.78, 5) is 2.26. The van der Waals surface area contributed by atoms with E-state index in [9.17, 15) is 13.2 Å². The van der Waals surface area contributed by atoms with Crippen LogP contribution in [0, 0.1) is 0 Å². The molecule has 1 fully saturated rings. The third-order valence-electron chi connectivity index (χ3n) is 4.21. The molecule has 0 unspecified atom stereocenters. The van der Waals surface area contributed by atoms with Crippen LogP contribution in [-0.2, 0) is 0 Å². The van der Waals surface area contributed by atoms with Gasteiger partial charge in [-0.25, -0.2) is 0 Å². The van der Waals surface area contributed by atoms with Crippen LogP contribution in [0.3, 0.4) is 0 Å². The highest BCUT2D eigenvalue weighted by atomic mass is 35.5. The van der Waals surface area contributed by atoms with Gasteiger partial charge in [0.1, 0.15) is 5.75 Å². The molecule has 28 heavy (non-hydrogen) atoms. The zero-order valence-electron chi connectivity index (χ0n) is 14.5.